The van der Waals surface area contributed by atoms with E-state index in [4.69, 9.17) is 0 Å². The van der Waals surface area contributed by atoms with Crippen LogP contribution >= 0.6 is 11.3 Å². The Hall–Kier alpha value is -1.73. The molecular formula is C17H23N5OS. The maximum atomic E-state index is 12.6. The largest absolute Gasteiger partial charge is 0.343 e. The van der Waals surface area contributed by atoms with E-state index in [1.54, 1.807) is 11.3 Å². The van der Waals surface area contributed by atoms with Crippen LogP contribution in [-0.4, -0.2) is 50.1 Å². The lowest BCUT2D eigenvalue weighted by Crippen LogP contribution is -2.40. The zero-order chi connectivity index (χ0) is 16.5. The molecule has 0 N–H and O–H groups in total. The number of fused-ring (bicyclic) bond motifs is 1. The van der Waals surface area contributed by atoms with Crippen molar-refractivity contribution in [1.29, 1.82) is 0 Å². The van der Waals surface area contributed by atoms with Crippen LogP contribution in [0.1, 0.15) is 41.7 Å². The summed E-state index contributed by atoms with van der Waals surface area (Å²) in [7, 11) is 0. The SMILES string of the molecule is Cc1nc(CN2Cc3ccnn3[C@H](CC(=O)N3CCCC3)C2)cs1. The Morgan fingerprint density at radius 2 is 2.21 bits per heavy atom. The molecule has 0 radical (unpaired) electrons. The van der Waals surface area contributed by atoms with E-state index in [1.165, 1.54) is 5.69 Å². The van der Waals surface area contributed by atoms with Crippen molar-refractivity contribution in [1.82, 2.24) is 24.6 Å². The first-order chi connectivity index (χ1) is 11.7. The van der Waals surface area contributed by atoms with Gasteiger partial charge in [0.1, 0.15) is 0 Å². The summed E-state index contributed by atoms with van der Waals surface area (Å²) in [4.78, 5) is 21.5. The molecule has 0 aromatic carbocycles. The van der Waals surface area contributed by atoms with Gasteiger partial charge in [0.05, 0.1) is 28.9 Å². The predicted octanol–water partition coefficient (Wildman–Crippen LogP) is 2.22. The van der Waals surface area contributed by atoms with Crippen molar-refractivity contribution in [3.05, 3.63) is 34.0 Å². The molecule has 2 aromatic heterocycles. The van der Waals surface area contributed by atoms with Gasteiger partial charge in [-0.3, -0.25) is 14.4 Å². The first kappa shape index (κ1) is 15.8. The Morgan fingerprint density at radius 1 is 1.38 bits per heavy atom. The summed E-state index contributed by atoms with van der Waals surface area (Å²) in [5.74, 6) is 0.269. The number of aromatic nitrogens is 3. The highest BCUT2D eigenvalue weighted by molar-refractivity contribution is 7.09. The molecule has 2 aliphatic heterocycles. The van der Waals surface area contributed by atoms with Crippen molar-refractivity contribution in [2.24, 2.45) is 0 Å². The average molecular weight is 345 g/mol. The lowest BCUT2D eigenvalue weighted by molar-refractivity contribution is -0.131. The summed E-state index contributed by atoms with van der Waals surface area (Å²) in [5, 5.41) is 7.70. The van der Waals surface area contributed by atoms with Gasteiger partial charge in [0.2, 0.25) is 5.91 Å². The third-order valence-electron chi connectivity index (χ3n) is 4.87. The number of rotatable bonds is 4. The van der Waals surface area contributed by atoms with Crippen LogP contribution in [0, 0.1) is 6.92 Å². The molecule has 0 aliphatic carbocycles. The van der Waals surface area contributed by atoms with Crippen molar-refractivity contribution < 1.29 is 4.79 Å². The molecule has 1 amide bonds. The van der Waals surface area contributed by atoms with Gasteiger partial charge in [0.15, 0.2) is 0 Å². The molecule has 0 unspecified atom stereocenters. The van der Waals surface area contributed by atoms with Crippen LogP contribution in [0.3, 0.4) is 0 Å². The summed E-state index contributed by atoms with van der Waals surface area (Å²) in [6.07, 6.45) is 4.66. The molecule has 4 rings (SSSR count). The van der Waals surface area contributed by atoms with Crippen LogP contribution in [0.25, 0.3) is 0 Å². The number of amides is 1. The minimum Gasteiger partial charge on any atom is -0.343 e. The number of thiazole rings is 1. The van der Waals surface area contributed by atoms with E-state index in [1.807, 2.05) is 18.0 Å². The van der Waals surface area contributed by atoms with Gasteiger partial charge in [-0.05, 0) is 25.8 Å². The Labute approximate surface area is 146 Å². The highest BCUT2D eigenvalue weighted by Gasteiger charge is 2.29. The Morgan fingerprint density at radius 3 is 2.96 bits per heavy atom. The molecule has 0 saturated carbocycles. The number of hydrogen-bond donors (Lipinski definition) is 0. The smallest absolute Gasteiger partial charge is 0.224 e. The molecule has 4 heterocycles. The molecule has 1 saturated heterocycles. The molecule has 6 nitrogen and oxygen atoms in total. The van der Waals surface area contributed by atoms with Gasteiger partial charge in [-0.1, -0.05) is 0 Å². The van der Waals surface area contributed by atoms with Crippen molar-refractivity contribution in [2.45, 2.75) is 45.3 Å². The maximum absolute atomic E-state index is 12.6. The average Bonchev–Trinajstić information content (AvgIpc) is 3.28. The topological polar surface area (TPSA) is 54.3 Å². The van der Waals surface area contributed by atoms with Gasteiger partial charge in [-0.25, -0.2) is 4.98 Å². The number of carbonyl (C=O) groups excluding carboxylic acids is 1. The minimum absolute atomic E-state index is 0.122. The van der Waals surface area contributed by atoms with Gasteiger partial charge in [0, 0.05) is 44.3 Å². The number of aryl methyl sites for hydroxylation is 1. The van der Waals surface area contributed by atoms with Crippen LogP contribution in [0.2, 0.25) is 0 Å². The monoisotopic (exact) mass is 345 g/mol. The Kier molecular flexibility index (Phi) is 4.37. The van der Waals surface area contributed by atoms with Crippen LogP contribution in [0.4, 0.5) is 0 Å². The second kappa shape index (κ2) is 6.64. The van der Waals surface area contributed by atoms with Crippen LogP contribution in [-0.2, 0) is 17.9 Å². The van der Waals surface area contributed by atoms with Crippen molar-refractivity contribution in [3.8, 4) is 0 Å². The summed E-state index contributed by atoms with van der Waals surface area (Å²) in [6.45, 7) is 6.43. The second-order valence-corrected chi connectivity index (χ2v) is 7.80. The van der Waals surface area contributed by atoms with Gasteiger partial charge >= 0.3 is 0 Å². The van der Waals surface area contributed by atoms with E-state index in [-0.39, 0.29) is 11.9 Å². The summed E-state index contributed by atoms with van der Waals surface area (Å²) in [5.41, 5.74) is 2.31. The van der Waals surface area contributed by atoms with Crippen molar-refractivity contribution >= 4 is 17.2 Å². The fourth-order valence-electron chi connectivity index (χ4n) is 3.74. The van der Waals surface area contributed by atoms with Gasteiger partial charge in [-0.2, -0.15) is 5.10 Å². The zero-order valence-electron chi connectivity index (χ0n) is 14.0. The minimum atomic E-state index is 0.122. The van der Waals surface area contributed by atoms with Crippen molar-refractivity contribution in [2.75, 3.05) is 19.6 Å². The van der Waals surface area contributed by atoms with E-state index in [0.717, 1.165) is 56.3 Å². The standard InChI is InChI=1S/C17H23N5OS/c1-13-19-14(12-24-13)9-20-10-15-4-5-18-22(15)16(11-20)8-17(23)21-6-2-3-7-21/h4-5,12,16H,2-3,6-11H2,1H3/t16-/m1/s1. The third kappa shape index (κ3) is 3.23. The molecule has 0 bridgehead atoms. The Balaban J connectivity index is 1.47. The molecule has 1 atom stereocenters. The number of nitrogens with zero attached hydrogens (tertiary/aromatic N) is 5. The van der Waals surface area contributed by atoms with Crippen molar-refractivity contribution in [3.63, 3.8) is 0 Å². The second-order valence-electron chi connectivity index (χ2n) is 6.74. The quantitative estimate of drug-likeness (QED) is 0.853. The molecule has 2 aromatic rings. The lowest BCUT2D eigenvalue weighted by Gasteiger charge is -2.34. The first-order valence-corrected chi connectivity index (χ1v) is 9.50. The maximum Gasteiger partial charge on any atom is 0.224 e. The number of hydrogen-bond acceptors (Lipinski definition) is 5. The molecule has 1 fully saturated rings. The van der Waals surface area contributed by atoms with Gasteiger partial charge < -0.3 is 4.90 Å². The molecule has 2 aliphatic rings. The summed E-state index contributed by atoms with van der Waals surface area (Å²) >= 11 is 1.69. The highest BCUT2D eigenvalue weighted by Crippen LogP contribution is 2.26. The third-order valence-corrected chi connectivity index (χ3v) is 5.70. The van der Waals surface area contributed by atoms with Crippen LogP contribution < -0.4 is 0 Å². The predicted molar refractivity (Wildman–Crippen MR) is 92.7 cm³/mol. The molecule has 128 valence electrons. The molecular weight excluding hydrogens is 322 g/mol. The lowest BCUT2D eigenvalue weighted by atomic mass is 10.1. The fourth-order valence-corrected chi connectivity index (χ4v) is 4.35. The van der Waals surface area contributed by atoms with Crippen LogP contribution in [0.15, 0.2) is 17.6 Å². The van der Waals surface area contributed by atoms with E-state index >= 15 is 0 Å². The normalized spacial score (nSPS) is 21.2. The number of carbonyl (C=O) groups is 1. The summed E-state index contributed by atoms with van der Waals surface area (Å²) in [6, 6.07) is 2.18. The highest BCUT2D eigenvalue weighted by atomic mass is 32.1. The van der Waals surface area contributed by atoms with Gasteiger partial charge in [0.25, 0.3) is 0 Å². The molecule has 24 heavy (non-hydrogen) atoms. The number of likely N-dealkylation sites (tertiary alicyclic amines) is 1. The molecule has 0 spiro atoms. The fraction of sp³-hybridized carbons (Fsp3) is 0.588. The van der Waals surface area contributed by atoms with Crippen LogP contribution in [0.5, 0.6) is 0 Å². The first-order valence-electron chi connectivity index (χ1n) is 8.62. The zero-order valence-corrected chi connectivity index (χ0v) is 14.8. The molecule has 7 heteroatoms. The van der Waals surface area contributed by atoms with E-state index < -0.39 is 0 Å². The Bertz CT molecular complexity index is 718. The van der Waals surface area contributed by atoms with E-state index in [2.05, 4.69) is 31.1 Å². The van der Waals surface area contributed by atoms with E-state index in [9.17, 15) is 4.79 Å². The van der Waals surface area contributed by atoms with Gasteiger partial charge in [-0.15, -0.1) is 11.3 Å². The van der Waals surface area contributed by atoms with E-state index in [0.29, 0.717) is 6.42 Å². The summed E-state index contributed by atoms with van der Waals surface area (Å²) < 4.78 is 2.05.